The SMILES string of the molecule is Cc1cccc(COC(=O)c2cc(C)ccc2N)c1. The number of rotatable bonds is 3. The second kappa shape index (κ2) is 5.57. The largest absolute Gasteiger partial charge is 0.457 e. The molecule has 0 heterocycles. The van der Waals surface area contributed by atoms with Crippen molar-refractivity contribution in [1.82, 2.24) is 0 Å². The molecule has 0 spiro atoms. The topological polar surface area (TPSA) is 52.3 Å². The molecule has 2 aromatic carbocycles. The van der Waals surface area contributed by atoms with Gasteiger partial charge >= 0.3 is 5.97 Å². The van der Waals surface area contributed by atoms with E-state index in [0.717, 1.165) is 16.7 Å². The van der Waals surface area contributed by atoms with Crippen LogP contribution in [0.3, 0.4) is 0 Å². The van der Waals surface area contributed by atoms with Crippen molar-refractivity contribution in [1.29, 1.82) is 0 Å². The highest BCUT2D eigenvalue weighted by molar-refractivity contribution is 5.95. The molecule has 0 saturated heterocycles. The maximum Gasteiger partial charge on any atom is 0.340 e. The highest BCUT2D eigenvalue weighted by atomic mass is 16.5. The van der Waals surface area contributed by atoms with Gasteiger partial charge in [0.05, 0.1) is 5.56 Å². The molecular formula is C16H17NO2. The lowest BCUT2D eigenvalue weighted by Gasteiger charge is -2.08. The molecule has 0 amide bonds. The molecule has 0 unspecified atom stereocenters. The summed E-state index contributed by atoms with van der Waals surface area (Å²) >= 11 is 0. The molecule has 0 radical (unpaired) electrons. The summed E-state index contributed by atoms with van der Waals surface area (Å²) in [5, 5.41) is 0. The monoisotopic (exact) mass is 255 g/mol. The predicted molar refractivity (Wildman–Crippen MR) is 75.9 cm³/mol. The van der Waals surface area contributed by atoms with Gasteiger partial charge in [-0.1, -0.05) is 41.5 Å². The Kier molecular flexibility index (Phi) is 3.85. The maximum atomic E-state index is 12.0. The molecule has 2 rings (SSSR count). The van der Waals surface area contributed by atoms with Gasteiger partial charge in [0, 0.05) is 5.69 Å². The van der Waals surface area contributed by atoms with E-state index in [1.165, 1.54) is 0 Å². The zero-order valence-electron chi connectivity index (χ0n) is 11.1. The molecule has 3 heteroatoms. The zero-order chi connectivity index (χ0) is 13.8. The second-order valence-electron chi connectivity index (χ2n) is 4.66. The quantitative estimate of drug-likeness (QED) is 0.676. The minimum Gasteiger partial charge on any atom is -0.457 e. The van der Waals surface area contributed by atoms with Gasteiger partial charge in [0.15, 0.2) is 0 Å². The van der Waals surface area contributed by atoms with Crippen molar-refractivity contribution < 1.29 is 9.53 Å². The van der Waals surface area contributed by atoms with Crippen molar-refractivity contribution in [3.63, 3.8) is 0 Å². The highest BCUT2D eigenvalue weighted by Gasteiger charge is 2.11. The van der Waals surface area contributed by atoms with E-state index in [2.05, 4.69) is 0 Å². The van der Waals surface area contributed by atoms with Gasteiger partial charge in [0.2, 0.25) is 0 Å². The smallest absolute Gasteiger partial charge is 0.340 e. The van der Waals surface area contributed by atoms with Gasteiger partial charge in [-0.3, -0.25) is 0 Å². The molecule has 98 valence electrons. The molecular weight excluding hydrogens is 238 g/mol. The number of nitrogens with two attached hydrogens (primary N) is 1. The fourth-order valence-electron chi connectivity index (χ4n) is 1.88. The average Bonchev–Trinajstić information content (AvgIpc) is 2.39. The van der Waals surface area contributed by atoms with Gasteiger partial charge < -0.3 is 10.5 Å². The summed E-state index contributed by atoms with van der Waals surface area (Å²) in [6.07, 6.45) is 0. The van der Waals surface area contributed by atoms with Crippen LogP contribution >= 0.6 is 0 Å². The fraction of sp³-hybridized carbons (Fsp3) is 0.188. The van der Waals surface area contributed by atoms with Crippen LogP contribution in [0, 0.1) is 13.8 Å². The van der Waals surface area contributed by atoms with Crippen molar-refractivity contribution in [3.05, 3.63) is 64.7 Å². The number of carbonyl (C=O) groups excluding carboxylic acids is 1. The standard InChI is InChI=1S/C16H17NO2/c1-11-4-3-5-13(8-11)10-19-16(18)14-9-12(2)6-7-15(14)17/h3-9H,10,17H2,1-2H3. The van der Waals surface area contributed by atoms with Crippen LogP contribution in [0.2, 0.25) is 0 Å². The van der Waals surface area contributed by atoms with E-state index in [9.17, 15) is 4.79 Å². The van der Waals surface area contributed by atoms with E-state index >= 15 is 0 Å². The molecule has 0 aromatic heterocycles. The summed E-state index contributed by atoms with van der Waals surface area (Å²) in [6, 6.07) is 13.2. The Morgan fingerprint density at radius 3 is 2.58 bits per heavy atom. The van der Waals surface area contributed by atoms with Gasteiger partial charge in [-0.2, -0.15) is 0 Å². The van der Waals surface area contributed by atoms with E-state index in [1.807, 2.05) is 44.2 Å². The number of nitrogen functional groups attached to an aromatic ring is 1. The van der Waals surface area contributed by atoms with Crippen molar-refractivity contribution in [3.8, 4) is 0 Å². The molecule has 0 saturated carbocycles. The summed E-state index contributed by atoms with van der Waals surface area (Å²) in [7, 11) is 0. The Morgan fingerprint density at radius 2 is 1.84 bits per heavy atom. The van der Waals surface area contributed by atoms with Gasteiger partial charge in [0.1, 0.15) is 6.61 Å². The fourth-order valence-corrected chi connectivity index (χ4v) is 1.88. The number of aryl methyl sites for hydroxylation is 2. The summed E-state index contributed by atoms with van der Waals surface area (Å²) in [5.41, 5.74) is 9.75. The van der Waals surface area contributed by atoms with Crippen LogP contribution in [0.25, 0.3) is 0 Å². The molecule has 0 bridgehead atoms. The third-order valence-electron chi connectivity index (χ3n) is 2.88. The highest BCUT2D eigenvalue weighted by Crippen LogP contribution is 2.16. The van der Waals surface area contributed by atoms with Gasteiger partial charge in [-0.15, -0.1) is 0 Å². The Balaban J connectivity index is 2.07. The zero-order valence-corrected chi connectivity index (χ0v) is 11.1. The predicted octanol–water partition coefficient (Wildman–Crippen LogP) is 3.24. The van der Waals surface area contributed by atoms with Gasteiger partial charge in [-0.05, 0) is 31.5 Å². The van der Waals surface area contributed by atoms with E-state index in [-0.39, 0.29) is 12.6 Å². The van der Waals surface area contributed by atoms with Gasteiger partial charge in [-0.25, -0.2) is 4.79 Å². The van der Waals surface area contributed by atoms with Crippen molar-refractivity contribution in [2.24, 2.45) is 0 Å². The average molecular weight is 255 g/mol. The van der Waals surface area contributed by atoms with Crippen molar-refractivity contribution in [2.75, 3.05) is 5.73 Å². The summed E-state index contributed by atoms with van der Waals surface area (Å²) in [4.78, 5) is 12.0. The van der Waals surface area contributed by atoms with E-state index < -0.39 is 0 Å². The Morgan fingerprint density at radius 1 is 1.11 bits per heavy atom. The second-order valence-corrected chi connectivity index (χ2v) is 4.66. The van der Waals surface area contributed by atoms with Crippen molar-refractivity contribution >= 4 is 11.7 Å². The lowest BCUT2D eigenvalue weighted by atomic mass is 10.1. The number of hydrogen-bond acceptors (Lipinski definition) is 3. The summed E-state index contributed by atoms with van der Waals surface area (Å²) < 4.78 is 5.29. The third-order valence-corrected chi connectivity index (χ3v) is 2.88. The van der Waals surface area contributed by atoms with Crippen LogP contribution in [0.1, 0.15) is 27.0 Å². The molecule has 19 heavy (non-hydrogen) atoms. The number of carbonyl (C=O) groups is 1. The summed E-state index contributed by atoms with van der Waals surface area (Å²) in [6.45, 7) is 4.18. The summed E-state index contributed by atoms with van der Waals surface area (Å²) in [5.74, 6) is -0.386. The first-order valence-corrected chi connectivity index (χ1v) is 6.15. The first kappa shape index (κ1) is 13.1. The first-order chi connectivity index (χ1) is 9.06. The number of hydrogen-bond donors (Lipinski definition) is 1. The number of ether oxygens (including phenoxy) is 1. The number of anilines is 1. The lowest BCUT2D eigenvalue weighted by Crippen LogP contribution is -2.08. The lowest BCUT2D eigenvalue weighted by molar-refractivity contribution is 0.0474. The molecule has 0 aliphatic carbocycles. The van der Waals surface area contributed by atoms with Crippen LogP contribution in [0.4, 0.5) is 5.69 Å². The first-order valence-electron chi connectivity index (χ1n) is 6.15. The minimum atomic E-state index is -0.386. The molecule has 2 N–H and O–H groups in total. The molecule has 3 nitrogen and oxygen atoms in total. The molecule has 0 aliphatic heterocycles. The van der Waals surface area contributed by atoms with Crippen LogP contribution < -0.4 is 5.73 Å². The van der Waals surface area contributed by atoms with Crippen LogP contribution in [-0.4, -0.2) is 5.97 Å². The Labute approximate surface area is 113 Å². The van der Waals surface area contributed by atoms with Gasteiger partial charge in [0.25, 0.3) is 0 Å². The van der Waals surface area contributed by atoms with E-state index in [4.69, 9.17) is 10.5 Å². The minimum absolute atomic E-state index is 0.258. The molecule has 2 aromatic rings. The van der Waals surface area contributed by atoms with Crippen LogP contribution in [-0.2, 0) is 11.3 Å². The van der Waals surface area contributed by atoms with E-state index in [1.54, 1.807) is 12.1 Å². The van der Waals surface area contributed by atoms with Crippen molar-refractivity contribution in [2.45, 2.75) is 20.5 Å². The van der Waals surface area contributed by atoms with E-state index in [0.29, 0.717) is 11.3 Å². The molecule has 0 atom stereocenters. The molecule has 0 aliphatic rings. The number of benzene rings is 2. The van der Waals surface area contributed by atoms with Crippen LogP contribution in [0.15, 0.2) is 42.5 Å². The Hall–Kier alpha value is -2.29. The maximum absolute atomic E-state index is 12.0. The normalized spacial score (nSPS) is 10.2. The molecule has 0 fully saturated rings. The Bertz CT molecular complexity index is 605. The van der Waals surface area contributed by atoms with Crippen LogP contribution in [0.5, 0.6) is 0 Å². The third kappa shape index (κ3) is 3.35. The number of esters is 1.